The van der Waals surface area contributed by atoms with Crippen LogP contribution >= 0.6 is 0 Å². The maximum atomic E-state index is 12.2. The van der Waals surface area contributed by atoms with Crippen molar-refractivity contribution in [3.63, 3.8) is 0 Å². The van der Waals surface area contributed by atoms with Crippen LogP contribution in [0.3, 0.4) is 0 Å². The van der Waals surface area contributed by atoms with Crippen LogP contribution in [-0.4, -0.2) is 50.8 Å². The molecule has 24 heavy (non-hydrogen) atoms. The van der Waals surface area contributed by atoms with E-state index in [1.807, 2.05) is 18.2 Å². The van der Waals surface area contributed by atoms with Crippen LogP contribution in [0.4, 0.5) is 0 Å². The zero-order valence-electron chi connectivity index (χ0n) is 14.7. The molecule has 0 bridgehead atoms. The number of rotatable bonds is 6. The van der Waals surface area contributed by atoms with Gasteiger partial charge < -0.3 is 0 Å². The molecule has 0 aromatic heterocycles. The SMILES string of the molecule is CC(C)[C@@H]1CN(Cc2cccc(C#N)c2)C[C@H]1NS(=O)(=O)N(C)C. The quantitative estimate of drug-likeness (QED) is 0.842. The molecule has 2 atom stereocenters. The van der Waals surface area contributed by atoms with Crippen molar-refractivity contribution < 1.29 is 8.42 Å². The second-order valence-electron chi connectivity index (χ2n) is 6.93. The van der Waals surface area contributed by atoms with E-state index in [-0.39, 0.29) is 12.0 Å². The van der Waals surface area contributed by atoms with Crippen molar-refractivity contribution in [3.05, 3.63) is 35.4 Å². The Morgan fingerprint density at radius 3 is 2.67 bits per heavy atom. The molecular weight excluding hydrogens is 324 g/mol. The molecule has 1 aliphatic rings. The van der Waals surface area contributed by atoms with Crippen molar-refractivity contribution in [3.8, 4) is 6.07 Å². The lowest BCUT2D eigenvalue weighted by molar-refractivity contribution is 0.296. The van der Waals surface area contributed by atoms with Gasteiger partial charge in [0.05, 0.1) is 11.6 Å². The Kier molecular flexibility index (Phi) is 5.99. The normalized spacial score (nSPS) is 22.2. The zero-order chi connectivity index (χ0) is 17.9. The van der Waals surface area contributed by atoms with Crippen LogP contribution in [0.5, 0.6) is 0 Å². The van der Waals surface area contributed by atoms with E-state index in [1.165, 1.54) is 18.4 Å². The fourth-order valence-corrected chi connectivity index (χ4v) is 3.98. The van der Waals surface area contributed by atoms with Crippen molar-refractivity contribution in [2.24, 2.45) is 11.8 Å². The van der Waals surface area contributed by atoms with Crippen LogP contribution in [0, 0.1) is 23.2 Å². The smallest absolute Gasteiger partial charge is 0.279 e. The molecule has 0 saturated carbocycles. The van der Waals surface area contributed by atoms with Crippen LogP contribution in [-0.2, 0) is 16.8 Å². The standard InChI is InChI=1S/C17H26N4O2S/c1-13(2)16-11-21(10-15-7-5-6-14(8-15)9-18)12-17(16)19-24(22,23)20(3)4/h5-8,13,16-17,19H,10-12H2,1-4H3/t16-,17+/m0/s1. The monoisotopic (exact) mass is 350 g/mol. The second kappa shape index (κ2) is 7.62. The van der Waals surface area contributed by atoms with Gasteiger partial charge in [0.15, 0.2) is 0 Å². The highest BCUT2D eigenvalue weighted by Gasteiger charge is 2.37. The maximum absolute atomic E-state index is 12.2. The van der Waals surface area contributed by atoms with Gasteiger partial charge in [-0.1, -0.05) is 26.0 Å². The average Bonchev–Trinajstić information content (AvgIpc) is 2.89. The molecule has 0 amide bonds. The van der Waals surface area contributed by atoms with Gasteiger partial charge in [0.25, 0.3) is 10.2 Å². The fraction of sp³-hybridized carbons (Fsp3) is 0.588. The van der Waals surface area contributed by atoms with Gasteiger partial charge in [0.2, 0.25) is 0 Å². The van der Waals surface area contributed by atoms with E-state index in [0.717, 1.165) is 18.7 Å². The van der Waals surface area contributed by atoms with Gasteiger partial charge in [0, 0.05) is 39.8 Å². The molecule has 7 heteroatoms. The van der Waals surface area contributed by atoms with Gasteiger partial charge in [-0.2, -0.15) is 22.7 Å². The molecule has 1 aliphatic heterocycles. The molecule has 2 rings (SSSR count). The average molecular weight is 350 g/mol. The molecule has 1 aromatic carbocycles. The molecule has 6 nitrogen and oxygen atoms in total. The van der Waals surface area contributed by atoms with Crippen LogP contribution in [0.2, 0.25) is 0 Å². The summed E-state index contributed by atoms with van der Waals surface area (Å²) >= 11 is 0. The van der Waals surface area contributed by atoms with Crippen molar-refractivity contribution in [2.45, 2.75) is 26.4 Å². The molecule has 1 N–H and O–H groups in total. The number of hydrogen-bond donors (Lipinski definition) is 1. The summed E-state index contributed by atoms with van der Waals surface area (Å²) < 4.78 is 28.4. The van der Waals surface area contributed by atoms with Gasteiger partial charge in [-0.25, -0.2) is 0 Å². The van der Waals surface area contributed by atoms with Crippen LogP contribution < -0.4 is 4.72 Å². The zero-order valence-corrected chi connectivity index (χ0v) is 15.5. The van der Waals surface area contributed by atoms with Crippen molar-refractivity contribution >= 4 is 10.2 Å². The van der Waals surface area contributed by atoms with Gasteiger partial charge in [-0.15, -0.1) is 0 Å². The number of nitrogens with zero attached hydrogens (tertiary/aromatic N) is 3. The Labute approximate surface area is 145 Å². The third-order valence-corrected chi connectivity index (χ3v) is 6.10. The Balaban J connectivity index is 2.10. The lowest BCUT2D eigenvalue weighted by atomic mass is 9.92. The highest BCUT2D eigenvalue weighted by atomic mass is 32.2. The first-order valence-electron chi connectivity index (χ1n) is 8.14. The molecule has 1 fully saturated rings. The van der Waals surface area contributed by atoms with Crippen LogP contribution in [0.1, 0.15) is 25.0 Å². The van der Waals surface area contributed by atoms with Crippen molar-refractivity contribution in [1.29, 1.82) is 5.26 Å². The summed E-state index contributed by atoms with van der Waals surface area (Å²) in [5.74, 6) is 0.647. The van der Waals surface area contributed by atoms with E-state index in [4.69, 9.17) is 5.26 Å². The molecule has 0 unspecified atom stereocenters. The highest BCUT2D eigenvalue weighted by molar-refractivity contribution is 7.87. The predicted molar refractivity (Wildman–Crippen MR) is 94.3 cm³/mol. The third-order valence-electron chi connectivity index (χ3n) is 4.54. The van der Waals surface area contributed by atoms with Crippen LogP contribution in [0.25, 0.3) is 0 Å². The van der Waals surface area contributed by atoms with Gasteiger partial charge in [-0.05, 0) is 29.5 Å². The first-order valence-corrected chi connectivity index (χ1v) is 9.58. The minimum Gasteiger partial charge on any atom is -0.297 e. The Morgan fingerprint density at radius 1 is 1.38 bits per heavy atom. The lowest BCUT2D eigenvalue weighted by Gasteiger charge is -2.24. The Bertz CT molecular complexity index is 710. The minimum atomic E-state index is -3.44. The molecule has 0 radical (unpaired) electrons. The summed E-state index contributed by atoms with van der Waals surface area (Å²) in [6.45, 7) is 6.49. The number of nitrogens with one attached hydrogen (secondary N) is 1. The van der Waals surface area contributed by atoms with E-state index in [1.54, 1.807) is 6.07 Å². The molecule has 0 spiro atoms. The van der Waals surface area contributed by atoms with Crippen molar-refractivity contribution in [1.82, 2.24) is 13.9 Å². The largest absolute Gasteiger partial charge is 0.297 e. The summed E-state index contributed by atoms with van der Waals surface area (Å²) in [5, 5.41) is 9.01. The van der Waals surface area contributed by atoms with Gasteiger partial charge in [-0.3, -0.25) is 4.90 Å². The Hall–Kier alpha value is -1.46. The number of likely N-dealkylation sites (tertiary alicyclic amines) is 1. The topological polar surface area (TPSA) is 76.4 Å². The molecule has 1 saturated heterocycles. The number of hydrogen-bond acceptors (Lipinski definition) is 4. The van der Waals surface area contributed by atoms with Gasteiger partial charge >= 0.3 is 0 Å². The molecule has 1 aromatic rings. The lowest BCUT2D eigenvalue weighted by Crippen LogP contribution is -2.46. The summed E-state index contributed by atoms with van der Waals surface area (Å²) in [7, 11) is -0.372. The fourth-order valence-electron chi connectivity index (χ4n) is 3.14. The Morgan fingerprint density at radius 2 is 2.08 bits per heavy atom. The summed E-state index contributed by atoms with van der Waals surface area (Å²) in [6.07, 6.45) is 0. The van der Waals surface area contributed by atoms with Crippen LogP contribution in [0.15, 0.2) is 24.3 Å². The number of nitriles is 1. The van der Waals surface area contributed by atoms with E-state index < -0.39 is 10.2 Å². The minimum absolute atomic E-state index is 0.100. The first kappa shape index (κ1) is 18.9. The first-order chi connectivity index (χ1) is 11.2. The molecular formula is C17H26N4O2S. The van der Waals surface area contributed by atoms with Gasteiger partial charge in [0.1, 0.15) is 0 Å². The molecule has 0 aliphatic carbocycles. The predicted octanol–water partition coefficient (Wildman–Crippen LogP) is 1.41. The van der Waals surface area contributed by atoms with E-state index in [2.05, 4.69) is 29.5 Å². The second-order valence-corrected chi connectivity index (χ2v) is 8.84. The summed E-state index contributed by atoms with van der Waals surface area (Å²) in [6, 6.07) is 9.62. The van der Waals surface area contributed by atoms with Crippen molar-refractivity contribution in [2.75, 3.05) is 27.2 Å². The van der Waals surface area contributed by atoms with E-state index in [0.29, 0.717) is 18.0 Å². The molecule has 132 valence electrons. The summed E-state index contributed by atoms with van der Waals surface area (Å²) in [5.41, 5.74) is 1.73. The molecule has 1 heterocycles. The highest BCUT2D eigenvalue weighted by Crippen LogP contribution is 2.26. The third kappa shape index (κ3) is 4.54. The van der Waals surface area contributed by atoms with E-state index >= 15 is 0 Å². The maximum Gasteiger partial charge on any atom is 0.279 e. The number of benzene rings is 1. The van der Waals surface area contributed by atoms with E-state index in [9.17, 15) is 8.42 Å². The summed E-state index contributed by atoms with van der Waals surface area (Å²) in [4.78, 5) is 2.25.